The molecule has 0 amide bonds. The molecular weight excluding hydrogens is 119 g/mol. The fraction of sp³-hybridized carbons (Fsp3) is 0.600. The van der Waals surface area contributed by atoms with E-state index in [0.717, 1.165) is 12.8 Å². The van der Waals surface area contributed by atoms with Gasteiger partial charge in [-0.1, -0.05) is 0 Å². The molecule has 44 valence electrons. The highest BCUT2D eigenvalue weighted by atomic mass is 31.0. The Kier molecular flexibility index (Phi) is 1.43. The average Bonchev–Trinajstić information content (AvgIpc) is 1.98. The van der Waals surface area contributed by atoms with Gasteiger partial charge in [0.1, 0.15) is 0 Å². The van der Waals surface area contributed by atoms with Crippen LogP contribution in [0.25, 0.3) is 0 Å². The first kappa shape index (κ1) is 5.90. The van der Waals surface area contributed by atoms with Crippen molar-refractivity contribution in [2.45, 2.75) is 18.5 Å². The van der Waals surface area contributed by atoms with Crippen LogP contribution in [0.2, 0.25) is 0 Å². The Morgan fingerprint density at radius 3 is 2.25 bits per heavy atom. The van der Waals surface area contributed by atoms with Crippen molar-refractivity contribution < 1.29 is 0 Å². The number of hydrogen-bond acceptors (Lipinski definition) is 2. The van der Waals surface area contributed by atoms with Crippen molar-refractivity contribution in [2.75, 3.05) is 0 Å². The Labute approximate surface area is 50.9 Å². The first-order valence-corrected chi connectivity index (χ1v) is 3.30. The second-order valence-electron chi connectivity index (χ2n) is 2.04. The minimum absolute atomic E-state index is 0.266. The fourth-order valence-corrected chi connectivity index (χ4v) is 1.17. The topological polar surface area (TPSA) is 47.7 Å². The summed E-state index contributed by atoms with van der Waals surface area (Å²) in [6.07, 6.45) is 1.77. The van der Waals surface area contributed by atoms with Crippen LogP contribution in [0, 0.1) is 10.8 Å². The summed E-state index contributed by atoms with van der Waals surface area (Å²) in [5.41, 5.74) is 1.29. The van der Waals surface area contributed by atoms with Crippen LogP contribution in [-0.4, -0.2) is 17.1 Å². The van der Waals surface area contributed by atoms with E-state index in [1.54, 1.807) is 0 Å². The molecule has 1 aliphatic carbocycles. The van der Waals surface area contributed by atoms with Crippen LogP contribution in [0.15, 0.2) is 0 Å². The summed E-state index contributed by atoms with van der Waals surface area (Å²) in [6, 6.07) is 0. The van der Waals surface area contributed by atoms with Gasteiger partial charge in [-0.05, 0) is 12.8 Å². The molecule has 1 saturated carbocycles. The fourth-order valence-electron chi connectivity index (χ4n) is 0.803. The highest BCUT2D eigenvalue weighted by Crippen LogP contribution is 2.18. The molecular formula is C5H9N2P. The first-order valence-electron chi connectivity index (χ1n) is 2.63. The molecule has 0 aromatic rings. The van der Waals surface area contributed by atoms with E-state index in [1.807, 2.05) is 0 Å². The maximum Gasteiger partial charge on any atom is 0.0589 e. The molecule has 2 N–H and O–H groups in total. The zero-order valence-electron chi connectivity index (χ0n) is 4.57. The van der Waals surface area contributed by atoms with Gasteiger partial charge in [0, 0.05) is 5.66 Å². The Balaban J connectivity index is 2.71. The Bertz CT molecular complexity index is 141. The molecule has 2 nitrogen and oxygen atoms in total. The van der Waals surface area contributed by atoms with Gasteiger partial charge in [0.15, 0.2) is 0 Å². The van der Waals surface area contributed by atoms with Crippen molar-refractivity contribution in [2.24, 2.45) is 0 Å². The largest absolute Gasteiger partial charge is 0.303 e. The molecule has 1 fully saturated rings. The maximum absolute atomic E-state index is 7.22. The number of nitrogens with one attached hydrogen (secondary N) is 2. The van der Waals surface area contributed by atoms with E-state index >= 15 is 0 Å². The second-order valence-corrected chi connectivity index (χ2v) is 2.84. The molecule has 8 heavy (non-hydrogen) atoms. The molecule has 3 heteroatoms. The standard InChI is InChI=1S/C5H9N2P/c6-3-1-2-4(8)5(3)7/h4,6-7H,1-2,8H2. The summed E-state index contributed by atoms with van der Waals surface area (Å²) in [7, 11) is 2.57. The van der Waals surface area contributed by atoms with E-state index in [0.29, 0.717) is 11.4 Å². The van der Waals surface area contributed by atoms with E-state index < -0.39 is 0 Å². The van der Waals surface area contributed by atoms with E-state index in [-0.39, 0.29) is 5.66 Å². The average molecular weight is 128 g/mol. The van der Waals surface area contributed by atoms with E-state index in [4.69, 9.17) is 10.8 Å². The lowest BCUT2D eigenvalue weighted by Gasteiger charge is -1.95. The lowest BCUT2D eigenvalue weighted by Crippen LogP contribution is -2.09. The van der Waals surface area contributed by atoms with E-state index in [9.17, 15) is 0 Å². The predicted octanol–water partition coefficient (Wildman–Crippen LogP) is 1.06. The summed E-state index contributed by atoms with van der Waals surface area (Å²) >= 11 is 0. The van der Waals surface area contributed by atoms with Crippen LogP contribution in [0.4, 0.5) is 0 Å². The monoisotopic (exact) mass is 128 g/mol. The van der Waals surface area contributed by atoms with Crippen molar-refractivity contribution in [3.05, 3.63) is 0 Å². The SMILES string of the molecule is N=C1CCC(P)C1=N. The third kappa shape index (κ3) is 0.805. The highest BCUT2D eigenvalue weighted by Gasteiger charge is 2.21. The van der Waals surface area contributed by atoms with E-state index in [1.165, 1.54) is 0 Å². The molecule has 2 atom stereocenters. The van der Waals surface area contributed by atoms with Crippen molar-refractivity contribution in [1.29, 1.82) is 10.8 Å². The van der Waals surface area contributed by atoms with Crippen LogP contribution in [0.5, 0.6) is 0 Å². The quantitative estimate of drug-likeness (QED) is 0.458. The summed E-state index contributed by atoms with van der Waals surface area (Å²) in [5, 5.41) is 14.4. The van der Waals surface area contributed by atoms with Crippen molar-refractivity contribution in [3.63, 3.8) is 0 Å². The first-order chi connectivity index (χ1) is 3.72. The van der Waals surface area contributed by atoms with Crippen molar-refractivity contribution in [1.82, 2.24) is 0 Å². The highest BCUT2D eigenvalue weighted by molar-refractivity contribution is 7.20. The Morgan fingerprint density at radius 1 is 1.50 bits per heavy atom. The summed E-state index contributed by atoms with van der Waals surface area (Å²) in [6.45, 7) is 0. The maximum atomic E-state index is 7.22. The third-order valence-corrected chi connectivity index (χ3v) is 2.07. The zero-order valence-corrected chi connectivity index (χ0v) is 5.72. The van der Waals surface area contributed by atoms with Gasteiger partial charge in [0.05, 0.1) is 11.4 Å². The summed E-state index contributed by atoms with van der Waals surface area (Å²) in [5.74, 6) is 0. The number of rotatable bonds is 0. The van der Waals surface area contributed by atoms with Crippen LogP contribution < -0.4 is 0 Å². The molecule has 0 spiro atoms. The van der Waals surface area contributed by atoms with Gasteiger partial charge in [-0.3, -0.25) is 0 Å². The summed E-state index contributed by atoms with van der Waals surface area (Å²) < 4.78 is 0. The van der Waals surface area contributed by atoms with Gasteiger partial charge in [-0.2, -0.15) is 0 Å². The molecule has 0 aliphatic heterocycles. The molecule has 0 aromatic heterocycles. The minimum atomic E-state index is 0.266. The van der Waals surface area contributed by atoms with Crippen molar-refractivity contribution in [3.8, 4) is 0 Å². The van der Waals surface area contributed by atoms with Crippen LogP contribution >= 0.6 is 9.24 Å². The zero-order chi connectivity index (χ0) is 6.15. The van der Waals surface area contributed by atoms with Crippen LogP contribution in [0.3, 0.4) is 0 Å². The molecule has 2 unspecified atom stereocenters. The van der Waals surface area contributed by atoms with Crippen LogP contribution in [0.1, 0.15) is 12.8 Å². The molecule has 0 saturated heterocycles. The lowest BCUT2D eigenvalue weighted by atomic mass is 10.3. The van der Waals surface area contributed by atoms with Gasteiger partial charge in [0.2, 0.25) is 0 Å². The smallest absolute Gasteiger partial charge is 0.0589 e. The molecule has 1 rings (SSSR count). The normalized spacial score (nSPS) is 29.4. The van der Waals surface area contributed by atoms with Gasteiger partial charge in [-0.15, -0.1) is 9.24 Å². The minimum Gasteiger partial charge on any atom is -0.303 e. The van der Waals surface area contributed by atoms with E-state index in [2.05, 4.69) is 9.24 Å². The molecule has 0 radical (unpaired) electrons. The third-order valence-electron chi connectivity index (χ3n) is 1.40. The second kappa shape index (κ2) is 1.94. The van der Waals surface area contributed by atoms with Gasteiger partial charge >= 0.3 is 0 Å². The Morgan fingerprint density at radius 2 is 2.12 bits per heavy atom. The Hall–Kier alpha value is -0.230. The van der Waals surface area contributed by atoms with Gasteiger partial charge in [0.25, 0.3) is 0 Å². The molecule has 0 heterocycles. The van der Waals surface area contributed by atoms with Gasteiger partial charge < -0.3 is 10.8 Å². The van der Waals surface area contributed by atoms with Gasteiger partial charge in [-0.25, -0.2) is 0 Å². The molecule has 0 bridgehead atoms. The predicted molar refractivity (Wildman–Crippen MR) is 38.2 cm³/mol. The molecule has 0 aromatic carbocycles. The molecule has 1 aliphatic rings. The van der Waals surface area contributed by atoms with Crippen molar-refractivity contribution >= 4 is 20.7 Å². The van der Waals surface area contributed by atoms with Crippen LogP contribution in [-0.2, 0) is 0 Å². The number of hydrogen-bond donors (Lipinski definition) is 2. The summed E-state index contributed by atoms with van der Waals surface area (Å²) in [4.78, 5) is 0. The lowest BCUT2D eigenvalue weighted by molar-refractivity contribution is 0.986.